The van der Waals surface area contributed by atoms with Crippen LogP contribution in [0.1, 0.15) is 12.0 Å². The molecule has 2 aliphatic rings. The number of piperazine rings is 1. The van der Waals surface area contributed by atoms with Crippen LogP contribution in [0.4, 0.5) is 18.9 Å². The van der Waals surface area contributed by atoms with Crippen LogP contribution in [0.15, 0.2) is 60.7 Å². The summed E-state index contributed by atoms with van der Waals surface area (Å²) in [6.45, 7) is 4.50. The first-order chi connectivity index (χ1) is 15.9. The molecule has 1 N–H and O–H groups in total. The summed E-state index contributed by atoms with van der Waals surface area (Å²) in [4.78, 5) is 19.0. The number of halogens is 3. The van der Waals surface area contributed by atoms with Crippen molar-refractivity contribution in [1.82, 2.24) is 15.1 Å². The lowest BCUT2D eigenvalue weighted by molar-refractivity contribution is -0.218. The van der Waals surface area contributed by atoms with Gasteiger partial charge in [0.25, 0.3) is 0 Å². The van der Waals surface area contributed by atoms with Gasteiger partial charge in [0.05, 0.1) is 0 Å². The number of amides is 1. The number of nitrogens with one attached hydrogen (secondary N) is 1. The molecule has 178 valence electrons. The molecule has 0 spiro atoms. The van der Waals surface area contributed by atoms with E-state index in [0.717, 1.165) is 31.7 Å². The number of benzene rings is 2. The number of carbonyl (C=O) groups excluding carboxylic acids is 1. The molecule has 2 aromatic carbocycles. The zero-order valence-corrected chi connectivity index (χ0v) is 18.7. The Morgan fingerprint density at radius 3 is 2.15 bits per heavy atom. The van der Waals surface area contributed by atoms with Crippen LogP contribution in [0.2, 0.25) is 0 Å². The van der Waals surface area contributed by atoms with Crippen LogP contribution in [-0.2, 0) is 11.3 Å². The van der Waals surface area contributed by atoms with Crippen LogP contribution in [0.3, 0.4) is 0 Å². The topological polar surface area (TPSA) is 38.8 Å². The van der Waals surface area contributed by atoms with Crippen molar-refractivity contribution >= 4 is 11.6 Å². The van der Waals surface area contributed by atoms with E-state index in [1.54, 1.807) is 4.90 Å². The predicted octanol–water partition coefficient (Wildman–Crippen LogP) is 3.38. The molecular weight excluding hydrogens is 429 g/mol. The first-order valence-electron chi connectivity index (χ1n) is 11.5. The van der Waals surface area contributed by atoms with Gasteiger partial charge in [0.2, 0.25) is 5.91 Å². The van der Waals surface area contributed by atoms with Gasteiger partial charge in [0.1, 0.15) is 0 Å². The molecule has 0 aromatic heterocycles. The zero-order chi connectivity index (χ0) is 23.3. The maximum Gasteiger partial charge on any atom is 0.404 e. The minimum Gasteiger partial charge on any atom is -0.369 e. The Morgan fingerprint density at radius 2 is 1.52 bits per heavy atom. The van der Waals surface area contributed by atoms with Gasteiger partial charge >= 0.3 is 6.18 Å². The highest BCUT2D eigenvalue weighted by Crippen LogP contribution is 2.46. The van der Waals surface area contributed by atoms with Crippen molar-refractivity contribution in [2.24, 2.45) is 5.41 Å². The fourth-order valence-corrected chi connectivity index (χ4v) is 4.78. The molecule has 2 aliphatic heterocycles. The van der Waals surface area contributed by atoms with Crippen molar-refractivity contribution < 1.29 is 18.0 Å². The van der Waals surface area contributed by atoms with Gasteiger partial charge in [-0.2, -0.15) is 13.2 Å². The van der Waals surface area contributed by atoms with E-state index in [1.807, 2.05) is 48.5 Å². The molecule has 0 radical (unpaired) electrons. The summed E-state index contributed by atoms with van der Waals surface area (Å²) in [5.74, 6) is -0.895. The molecule has 5 nitrogen and oxygen atoms in total. The fourth-order valence-electron chi connectivity index (χ4n) is 4.78. The second-order valence-corrected chi connectivity index (χ2v) is 8.95. The van der Waals surface area contributed by atoms with Gasteiger partial charge in [-0.1, -0.05) is 48.5 Å². The van der Waals surface area contributed by atoms with Crippen LogP contribution in [0.5, 0.6) is 0 Å². The highest BCUT2D eigenvalue weighted by Gasteiger charge is 2.62. The quantitative estimate of drug-likeness (QED) is 0.688. The molecule has 0 aliphatic carbocycles. The number of carbonyl (C=O) groups is 1. The van der Waals surface area contributed by atoms with Crippen LogP contribution in [-0.4, -0.2) is 74.2 Å². The number of rotatable bonds is 7. The van der Waals surface area contributed by atoms with E-state index < -0.39 is 17.5 Å². The van der Waals surface area contributed by atoms with Gasteiger partial charge in [-0.3, -0.25) is 14.6 Å². The monoisotopic (exact) mass is 460 g/mol. The van der Waals surface area contributed by atoms with Crippen LogP contribution >= 0.6 is 0 Å². The third-order valence-corrected chi connectivity index (χ3v) is 6.78. The van der Waals surface area contributed by atoms with Gasteiger partial charge in [0, 0.05) is 58.0 Å². The number of likely N-dealkylation sites (tertiary alicyclic amines) is 1. The Kier molecular flexibility index (Phi) is 7.24. The second-order valence-electron chi connectivity index (χ2n) is 8.95. The van der Waals surface area contributed by atoms with Gasteiger partial charge < -0.3 is 10.2 Å². The minimum absolute atomic E-state index is 0.203. The minimum atomic E-state index is -4.58. The van der Waals surface area contributed by atoms with Crippen LogP contribution < -0.4 is 10.2 Å². The number of anilines is 1. The van der Waals surface area contributed by atoms with E-state index in [1.165, 1.54) is 5.69 Å². The molecule has 1 atom stereocenters. The lowest BCUT2D eigenvalue weighted by atomic mass is 9.85. The normalized spacial score (nSPS) is 22.5. The molecule has 4 rings (SSSR count). The molecule has 0 bridgehead atoms. The maximum atomic E-state index is 14.1. The lowest BCUT2D eigenvalue weighted by Gasteiger charge is -2.36. The Hall–Kier alpha value is -2.58. The summed E-state index contributed by atoms with van der Waals surface area (Å²) >= 11 is 0. The third kappa shape index (κ3) is 5.50. The number of hydrogen-bond acceptors (Lipinski definition) is 4. The molecule has 2 fully saturated rings. The van der Waals surface area contributed by atoms with Gasteiger partial charge in [-0.25, -0.2) is 0 Å². The van der Waals surface area contributed by atoms with Crippen molar-refractivity contribution in [1.29, 1.82) is 0 Å². The van der Waals surface area contributed by atoms with Crippen molar-refractivity contribution in [3.63, 3.8) is 0 Å². The Bertz CT molecular complexity index is 901. The molecule has 2 aromatic rings. The van der Waals surface area contributed by atoms with E-state index in [0.29, 0.717) is 13.1 Å². The number of para-hydroxylation sites is 1. The largest absolute Gasteiger partial charge is 0.404 e. The van der Waals surface area contributed by atoms with E-state index in [4.69, 9.17) is 0 Å². The number of hydrogen-bond donors (Lipinski definition) is 1. The van der Waals surface area contributed by atoms with Crippen LogP contribution in [0.25, 0.3) is 0 Å². The van der Waals surface area contributed by atoms with Crippen molar-refractivity contribution in [3.8, 4) is 0 Å². The second kappa shape index (κ2) is 10.1. The molecule has 1 amide bonds. The summed E-state index contributed by atoms with van der Waals surface area (Å²) in [5.41, 5.74) is -0.210. The average Bonchev–Trinajstić information content (AvgIpc) is 3.26. The summed E-state index contributed by atoms with van der Waals surface area (Å²) in [6.07, 6.45) is -4.78. The molecule has 0 saturated carbocycles. The maximum absolute atomic E-state index is 14.1. The number of nitrogens with zero attached hydrogens (tertiary/aromatic N) is 3. The standard InChI is InChI=1S/C25H31F3N4O/c26-25(27,28)24(11-13-31(20-24)19-21-7-3-1-4-8-21)23(33)29-12-14-30-15-17-32(18-16-30)22-9-5-2-6-10-22/h1-10H,11-20H2,(H,29,33). The predicted molar refractivity (Wildman–Crippen MR) is 123 cm³/mol. The fraction of sp³-hybridized carbons (Fsp3) is 0.480. The summed E-state index contributed by atoms with van der Waals surface area (Å²) < 4.78 is 42.2. The van der Waals surface area contributed by atoms with Gasteiger partial charge in [-0.05, 0) is 30.7 Å². The first-order valence-corrected chi connectivity index (χ1v) is 11.5. The van der Waals surface area contributed by atoms with Crippen molar-refractivity contribution in [3.05, 3.63) is 66.2 Å². The van der Waals surface area contributed by atoms with Crippen LogP contribution in [0, 0.1) is 5.41 Å². The summed E-state index contributed by atoms with van der Waals surface area (Å²) in [5, 5.41) is 2.61. The Balaban J connectivity index is 1.27. The van der Waals surface area contributed by atoms with Gasteiger partial charge in [-0.15, -0.1) is 0 Å². The average molecular weight is 461 g/mol. The third-order valence-electron chi connectivity index (χ3n) is 6.78. The Morgan fingerprint density at radius 1 is 0.879 bits per heavy atom. The van der Waals surface area contributed by atoms with E-state index >= 15 is 0 Å². The van der Waals surface area contributed by atoms with Crippen molar-refractivity contribution in [2.45, 2.75) is 19.1 Å². The molecule has 1 unspecified atom stereocenters. The SMILES string of the molecule is O=C(NCCN1CCN(c2ccccc2)CC1)C1(C(F)(F)F)CCN(Cc2ccccc2)C1. The first kappa shape index (κ1) is 23.6. The zero-order valence-electron chi connectivity index (χ0n) is 18.7. The summed E-state index contributed by atoms with van der Waals surface area (Å²) in [7, 11) is 0. The molecule has 8 heteroatoms. The molecular formula is C25H31F3N4O. The summed E-state index contributed by atoms with van der Waals surface area (Å²) in [6, 6.07) is 19.6. The van der Waals surface area contributed by atoms with E-state index in [9.17, 15) is 18.0 Å². The Labute approximate surface area is 193 Å². The molecule has 2 saturated heterocycles. The smallest absolute Gasteiger partial charge is 0.369 e. The lowest BCUT2D eigenvalue weighted by Crippen LogP contribution is -2.54. The molecule has 2 heterocycles. The van der Waals surface area contributed by atoms with Gasteiger partial charge in [0.15, 0.2) is 5.41 Å². The highest BCUT2D eigenvalue weighted by molar-refractivity contribution is 5.84. The van der Waals surface area contributed by atoms with Crippen molar-refractivity contribution in [2.75, 3.05) is 57.3 Å². The van der Waals surface area contributed by atoms with E-state index in [-0.39, 0.29) is 26.1 Å². The van der Waals surface area contributed by atoms with E-state index in [2.05, 4.69) is 27.2 Å². The molecule has 33 heavy (non-hydrogen) atoms. The number of alkyl halides is 3. The highest BCUT2D eigenvalue weighted by atomic mass is 19.4.